The van der Waals surface area contributed by atoms with Gasteiger partial charge in [-0.3, -0.25) is 0 Å². The molecule has 2 aromatic carbocycles. The molecule has 0 spiro atoms. The van der Waals surface area contributed by atoms with Gasteiger partial charge in [-0.25, -0.2) is 9.67 Å². The molecule has 0 amide bonds. The first-order valence-corrected chi connectivity index (χ1v) is 11.6. The monoisotopic (exact) mass is 441 g/mol. The maximum atomic E-state index is 6.65. The van der Waals surface area contributed by atoms with Crippen LogP contribution in [0.2, 0.25) is 0 Å². The average Bonchev–Trinajstić information content (AvgIpc) is 3.14. The van der Waals surface area contributed by atoms with Crippen LogP contribution in [0.25, 0.3) is 22.3 Å². The molecule has 1 saturated heterocycles. The quantitative estimate of drug-likeness (QED) is 0.505. The Morgan fingerprint density at radius 3 is 2.27 bits per heavy atom. The van der Waals surface area contributed by atoms with Crippen molar-refractivity contribution < 1.29 is 0 Å². The van der Waals surface area contributed by atoms with E-state index in [4.69, 9.17) is 20.8 Å². The number of hydrogen-bond donors (Lipinski definition) is 1. The fraction of sp³-hybridized carbons (Fsp3) is 0.346. The number of anilines is 2. The first kappa shape index (κ1) is 21.4. The molecular weight excluding hydrogens is 410 g/mol. The molecule has 7 heteroatoms. The summed E-state index contributed by atoms with van der Waals surface area (Å²) in [4.78, 5) is 14.5. The zero-order chi connectivity index (χ0) is 22.9. The zero-order valence-corrected chi connectivity index (χ0v) is 19.6. The molecule has 0 atom stereocenters. The third kappa shape index (κ3) is 4.28. The number of aromatic nitrogens is 4. The molecule has 2 N–H and O–H groups in total. The number of piperazine rings is 1. The van der Waals surface area contributed by atoms with Crippen molar-refractivity contribution in [1.29, 1.82) is 0 Å². The summed E-state index contributed by atoms with van der Waals surface area (Å²) in [5.74, 6) is 1.80. The molecule has 2 aromatic heterocycles. The lowest BCUT2D eigenvalue weighted by Crippen LogP contribution is -2.45. The summed E-state index contributed by atoms with van der Waals surface area (Å²) >= 11 is 0. The Morgan fingerprint density at radius 2 is 1.61 bits per heavy atom. The van der Waals surface area contributed by atoms with E-state index in [0.29, 0.717) is 23.9 Å². The number of benzene rings is 2. The van der Waals surface area contributed by atoms with E-state index >= 15 is 0 Å². The minimum absolute atomic E-state index is 0.476. The maximum absolute atomic E-state index is 6.65. The smallest absolute Gasteiger partial charge is 0.228 e. The lowest BCUT2D eigenvalue weighted by Gasteiger charge is -2.32. The SMILES string of the molecule is CC(C)c1ccc(-c2nc(N3CCN(C)CC3)nc3nn(Cc4ccccc4)c(N)c23)cc1. The molecule has 1 aliphatic rings. The van der Waals surface area contributed by atoms with Crippen molar-refractivity contribution in [2.45, 2.75) is 26.3 Å². The van der Waals surface area contributed by atoms with Gasteiger partial charge < -0.3 is 15.5 Å². The molecule has 170 valence electrons. The van der Waals surface area contributed by atoms with Gasteiger partial charge in [0.1, 0.15) is 5.82 Å². The van der Waals surface area contributed by atoms with E-state index in [1.54, 1.807) is 0 Å². The fourth-order valence-corrected chi connectivity index (χ4v) is 4.30. The van der Waals surface area contributed by atoms with Gasteiger partial charge in [0.25, 0.3) is 0 Å². The van der Waals surface area contributed by atoms with Crippen molar-refractivity contribution in [3.05, 3.63) is 65.7 Å². The summed E-state index contributed by atoms with van der Waals surface area (Å²) in [6.07, 6.45) is 0. The molecule has 3 heterocycles. The Labute approximate surface area is 194 Å². The number of rotatable bonds is 5. The summed E-state index contributed by atoms with van der Waals surface area (Å²) in [6.45, 7) is 8.78. The number of likely N-dealkylation sites (N-methyl/N-ethyl adjacent to an activating group) is 1. The second kappa shape index (κ2) is 8.83. The van der Waals surface area contributed by atoms with E-state index in [1.165, 1.54) is 5.56 Å². The highest BCUT2D eigenvalue weighted by Gasteiger charge is 2.23. The molecule has 0 bridgehead atoms. The highest BCUT2D eigenvalue weighted by Crippen LogP contribution is 2.33. The predicted octanol–water partition coefficient (Wildman–Crippen LogP) is 4.00. The molecule has 0 unspecified atom stereocenters. The Kier molecular flexibility index (Phi) is 5.72. The van der Waals surface area contributed by atoms with Crippen LogP contribution in [0.3, 0.4) is 0 Å². The molecule has 4 aromatic rings. The van der Waals surface area contributed by atoms with Gasteiger partial charge in [0.2, 0.25) is 5.95 Å². The van der Waals surface area contributed by atoms with Crippen molar-refractivity contribution in [2.75, 3.05) is 43.9 Å². The van der Waals surface area contributed by atoms with Crippen LogP contribution in [-0.2, 0) is 6.54 Å². The standard InChI is InChI=1S/C26H31N7/c1-18(2)20-9-11-21(12-10-20)23-22-24(27)33(17-19-7-5-4-6-8-19)30-25(22)29-26(28-23)32-15-13-31(3)14-16-32/h4-12,18H,13-17,27H2,1-3H3. The van der Waals surface area contributed by atoms with Crippen LogP contribution < -0.4 is 10.6 Å². The second-order valence-electron chi connectivity index (χ2n) is 9.17. The minimum atomic E-state index is 0.476. The molecule has 33 heavy (non-hydrogen) atoms. The van der Waals surface area contributed by atoms with E-state index in [9.17, 15) is 0 Å². The third-order valence-corrected chi connectivity index (χ3v) is 6.44. The summed E-state index contributed by atoms with van der Waals surface area (Å²) in [7, 11) is 2.15. The molecule has 0 aliphatic carbocycles. The number of fused-ring (bicyclic) bond motifs is 1. The van der Waals surface area contributed by atoms with Crippen molar-refractivity contribution in [2.24, 2.45) is 0 Å². The van der Waals surface area contributed by atoms with Crippen LogP contribution in [0.1, 0.15) is 30.9 Å². The summed E-state index contributed by atoms with van der Waals surface area (Å²) in [6, 6.07) is 18.9. The van der Waals surface area contributed by atoms with Crippen LogP contribution in [0, 0.1) is 0 Å². The van der Waals surface area contributed by atoms with Gasteiger partial charge in [-0.05, 0) is 24.1 Å². The first-order valence-electron chi connectivity index (χ1n) is 11.6. The fourth-order valence-electron chi connectivity index (χ4n) is 4.30. The van der Waals surface area contributed by atoms with E-state index in [2.05, 4.69) is 67.1 Å². The number of hydrogen-bond acceptors (Lipinski definition) is 6. The van der Waals surface area contributed by atoms with Gasteiger partial charge in [0.15, 0.2) is 5.65 Å². The Bertz CT molecular complexity index is 1240. The van der Waals surface area contributed by atoms with Crippen molar-refractivity contribution in [1.82, 2.24) is 24.6 Å². The maximum Gasteiger partial charge on any atom is 0.228 e. The van der Waals surface area contributed by atoms with Gasteiger partial charge in [-0.15, -0.1) is 5.10 Å². The molecule has 1 aliphatic heterocycles. The van der Waals surface area contributed by atoms with Crippen molar-refractivity contribution in [3.63, 3.8) is 0 Å². The number of nitrogens with two attached hydrogens (primary N) is 1. The largest absolute Gasteiger partial charge is 0.383 e. The number of nitrogens with zero attached hydrogens (tertiary/aromatic N) is 6. The topological polar surface area (TPSA) is 76.1 Å². The van der Waals surface area contributed by atoms with Crippen LogP contribution in [-0.4, -0.2) is 57.9 Å². The predicted molar refractivity (Wildman–Crippen MR) is 135 cm³/mol. The highest BCUT2D eigenvalue weighted by atomic mass is 15.4. The average molecular weight is 442 g/mol. The second-order valence-corrected chi connectivity index (χ2v) is 9.17. The van der Waals surface area contributed by atoms with Crippen LogP contribution >= 0.6 is 0 Å². The van der Waals surface area contributed by atoms with Gasteiger partial charge in [0.05, 0.1) is 17.6 Å². The third-order valence-electron chi connectivity index (χ3n) is 6.44. The van der Waals surface area contributed by atoms with Crippen LogP contribution in [0.4, 0.5) is 11.8 Å². The lowest BCUT2D eigenvalue weighted by atomic mass is 10.00. The van der Waals surface area contributed by atoms with E-state index < -0.39 is 0 Å². The highest BCUT2D eigenvalue weighted by molar-refractivity contribution is 5.99. The van der Waals surface area contributed by atoms with Gasteiger partial charge >= 0.3 is 0 Å². The first-order chi connectivity index (χ1) is 16.0. The molecule has 5 rings (SSSR count). The molecule has 0 radical (unpaired) electrons. The van der Waals surface area contributed by atoms with Crippen LogP contribution in [0.5, 0.6) is 0 Å². The van der Waals surface area contributed by atoms with E-state index in [1.807, 2.05) is 22.9 Å². The molecular formula is C26H31N7. The Morgan fingerprint density at radius 1 is 0.909 bits per heavy atom. The van der Waals surface area contributed by atoms with E-state index in [-0.39, 0.29) is 0 Å². The van der Waals surface area contributed by atoms with Crippen molar-refractivity contribution in [3.8, 4) is 11.3 Å². The summed E-state index contributed by atoms with van der Waals surface area (Å²) < 4.78 is 1.84. The van der Waals surface area contributed by atoms with Gasteiger partial charge in [-0.1, -0.05) is 68.4 Å². The normalized spacial score (nSPS) is 15.0. The Balaban J connectivity index is 1.63. The van der Waals surface area contributed by atoms with Crippen LogP contribution in [0.15, 0.2) is 54.6 Å². The molecule has 0 saturated carbocycles. The zero-order valence-electron chi connectivity index (χ0n) is 19.6. The number of nitrogen functional groups attached to an aromatic ring is 1. The molecule has 7 nitrogen and oxygen atoms in total. The summed E-state index contributed by atoms with van der Waals surface area (Å²) in [5, 5.41) is 5.63. The van der Waals surface area contributed by atoms with Gasteiger partial charge in [-0.2, -0.15) is 4.98 Å². The van der Waals surface area contributed by atoms with Crippen molar-refractivity contribution >= 4 is 22.8 Å². The molecule has 1 fully saturated rings. The summed E-state index contributed by atoms with van der Waals surface area (Å²) in [5.41, 5.74) is 11.6. The minimum Gasteiger partial charge on any atom is -0.383 e. The van der Waals surface area contributed by atoms with E-state index in [0.717, 1.165) is 54.3 Å². The lowest BCUT2D eigenvalue weighted by molar-refractivity contribution is 0.311. The van der Waals surface area contributed by atoms with Gasteiger partial charge in [0, 0.05) is 31.7 Å². The Hall–Kier alpha value is -3.45.